The monoisotopic (exact) mass is 410 g/mol. The number of halogens is 1. The molecular weight excluding hydrogens is 388 g/mol. The zero-order valence-electron chi connectivity index (χ0n) is 15.5. The maximum absolute atomic E-state index is 12.7. The number of imidazole rings is 1. The van der Waals surface area contributed by atoms with Gasteiger partial charge in [0.2, 0.25) is 10.0 Å². The van der Waals surface area contributed by atoms with E-state index < -0.39 is 10.0 Å². The summed E-state index contributed by atoms with van der Waals surface area (Å²) in [5, 5.41) is 0. The Morgan fingerprint density at radius 1 is 1.22 bits per heavy atom. The highest BCUT2D eigenvalue weighted by atomic mass is 35.5. The predicted octanol–water partition coefficient (Wildman–Crippen LogP) is 2.59. The molecule has 0 saturated carbocycles. The van der Waals surface area contributed by atoms with E-state index in [-0.39, 0.29) is 23.8 Å². The SMILES string of the molecule is COCCn1c(CNS(=O)(=O)c2ccc(C)cc2C)nc2cccnc21.Cl. The molecule has 3 aromatic rings. The highest BCUT2D eigenvalue weighted by molar-refractivity contribution is 7.89. The van der Waals surface area contributed by atoms with Crippen LogP contribution in [0.2, 0.25) is 0 Å². The van der Waals surface area contributed by atoms with Gasteiger partial charge in [-0.25, -0.2) is 23.1 Å². The average molecular weight is 411 g/mol. The van der Waals surface area contributed by atoms with Crippen LogP contribution in [0.5, 0.6) is 0 Å². The number of sulfonamides is 1. The lowest BCUT2D eigenvalue weighted by molar-refractivity contribution is 0.187. The molecule has 0 spiro atoms. The summed E-state index contributed by atoms with van der Waals surface area (Å²) in [6.45, 7) is 4.83. The molecule has 27 heavy (non-hydrogen) atoms. The zero-order chi connectivity index (χ0) is 18.7. The van der Waals surface area contributed by atoms with Crippen molar-refractivity contribution in [2.24, 2.45) is 0 Å². The largest absolute Gasteiger partial charge is 0.383 e. The van der Waals surface area contributed by atoms with Crippen LogP contribution in [0.15, 0.2) is 41.4 Å². The van der Waals surface area contributed by atoms with Gasteiger partial charge in [0, 0.05) is 19.9 Å². The van der Waals surface area contributed by atoms with E-state index in [0.29, 0.717) is 30.2 Å². The number of pyridine rings is 1. The molecule has 0 fully saturated rings. The van der Waals surface area contributed by atoms with Gasteiger partial charge in [0.15, 0.2) is 5.65 Å². The Labute approximate surface area is 165 Å². The number of nitrogens with zero attached hydrogens (tertiary/aromatic N) is 3. The Morgan fingerprint density at radius 3 is 2.70 bits per heavy atom. The highest BCUT2D eigenvalue weighted by Gasteiger charge is 2.19. The molecule has 0 bridgehead atoms. The number of rotatable bonds is 7. The third kappa shape index (κ3) is 4.65. The van der Waals surface area contributed by atoms with Crippen molar-refractivity contribution in [1.82, 2.24) is 19.3 Å². The molecule has 2 aromatic heterocycles. The number of hydrogen-bond donors (Lipinski definition) is 1. The molecule has 1 aromatic carbocycles. The van der Waals surface area contributed by atoms with Crippen LogP contribution in [-0.2, 0) is 27.8 Å². The van der Waals surface area contributed by atoms with E-state index in [0.717, 1.165) is 11.1 Å². The van der Waals surface area contributed by atoms with Crippen LogP contribution in [0, 0.1) is 13.8 Å². The molecule has 0 aliphatic carbocycles. The summed E-state index contributed by atoms with van der Waals surface area (Å²) < 4.78 is 35.1. The minimum atomic E-state index is -3.64. The van der Waals surface area contributed by atoms with Crippen LogP contribution in [0.1, 0.15) is 17.0 Å². The molecule has 3 rings (SSSR count). The fourth-order valence-corrected chi connectivity index (χ4v) is 4.10. The first-order valence-corrected chi connectivity index (χ1v) is 9.76. The van der Waals surface area contributed by atoms with Crippen LogP contribution in [0.4, 0.5) is 0 Å². The van der Waals surface area contributed by atoms with Gasteiger partial charge in [-0.15, -0.1) is 12.4 Å². The topological polar surface area (TPSA) is 86.1 Å². The van der Waals surface area contributed by atoms with E-state index in [1.54, 1.807) is 38.4 Å². The van der Waals surface area contributed by atoms with Crippen LogP contribution < -0.4 is 4.72 Å². The first-order valence-electron chi connectivity index (χ1n) is 8.28. The molecule has 0 radical (unpaired) electrons. The van der Waals surface area contributed by atoms with Crippen molar-refractivity contribution in [3.63, 3.8) is 0 Å². The van der Waals surface area contributed by atoms with Crippen molar-refractivity contribution >= 4 is 33.6 Å². The standard InChI is InChI=1S/C18H22N4O3S.ClH/c1-13-6-7-16(14(2)11-13)26(23,24)20-12-17-21-15-5-4-8-19-18(15)22(17)9-10-25-3;/h4-8,11,20H,9-10,12H2,1-3H3;1H. The smallest absolute Gasteiger partial charge is 0.241 e. The number of fused-ring (bicyclic) bond motifs is 1. The molecular formula is C18H23ClN4O3S. The van der Waals surface area contributed by atoms with E-state index in [1.807, 2.05) is 23.6 Å². The first-order chi connectivity index (χ1) is 12.4. The second-order valence-electron chi connectivity index (χ2n) is 6.11. The van der Waals surface area contributed by atoms with E-state index in [9.17, 15) is 8.42 Å². The lowest BCUT2D eigenvalue weighted by Gasteiger charge is -2.11. The lowest BCUT2D eigenvalue weighted by Crippen LogP contribution is -2.26. The molecule has 0 amide bonds. The first kappa shape index (κ1) is 21.3. The van der Waals surface area contributed by atoms with Crippen LogP contribution in [0.3, 0.4) is 0 Å². The van der Waals surface area contributed by atoms with Gasteiger partial charge in [-0.1, -0.05) is 17.7 Å². The summed E-state index contributed by atoms with van der Waals surface area (Å²) in [5.74, 6) is 0.601. The van der Waals surface area contributed by atoms with Gasteiger partial charge in [0.25, 0.3) is 0 Å². The number of methoxy groups -OCH3 is 1. The molecule has 1 N–H and O–H groups in total. The van der Waals surface area contributed by atoms with Crippen LogP contribution >= 0.6 is 12.4 Å². The molecule has 0 saturated heterocycles. The number of aryl methyl sites for hydroxylation is 2. The lowest BCUT2D eigenvalue weighted by atomic mass is 10.2. The van der Waals surface area contributed by atoms with Crippen molar-refractivity contribution < 1.29 is 13.2 Å². The highest BCUT2D eigenvalue weighted by Crippen LogP contribution is 2.18. The molecule has 146 valence electrons. The van der Waals surface area contributed by atoms with Gasteiger partial charge >= 0.3 is 0 Å². The Kier molecular flexibility index (Phi) is 6.94. The van der Waals surface area contributed by atoms with Crippen molar-refractivity contribution in [2.75, 3.05) is 13.7 Å². The predicted molar refractivity (Wildman–Crippen MR) is 107 cm³/mol. The van der Waals surface area contributed by atoms with Crippen molar-refractivity contribution in [1.29, 1.82) is 0 Å². The second-order valence-corrected chi connectivity index (χ2v) is 7.85. The maximum Gasteiger partial charge on any atom is 0.241 e. The second kappa shape index (κ2) is 8.79. The average Bonchev–Trinajstić information content (AvgIpc) is 2.95. The van der Waals surface area contributed by atoms with Gasteiger partial charge in [-0.2, -0.15) is 0 Å². The van der Waals surface area contributed by atoms with Crippen molar-refractivity contribution in [3.05, 3.63) is 53.5 Å². The molecule has 0 aliphatic rings. The fourth-order valence-electron chi connectivity index (χ4n) is 2.90. The Bertz CT molecular complexity index is 1030. The molecule has 0 unspecified atom stereocenters. The normalized spacial score (nSPS) is 11.5. The molecule has 0 atom stereocenters. The quantitative estimate of drug-likeness (QED) is 0.647. The molecule has 7 nitrogen and oxygen atoms in total. The van der Waals surface area contributed by atoms with Crippen LogP contribution in [-0.4, -0.2) is 36.7 Å². The van der Waals surface area contributed by atoms with Gasteiger partial charge in [0.1, 0.15) is 11.3 Å². The Balaban J connectivity index is 0.00000261. The third-order valence-corrected chi connectivity index (χ3v) is 5.70. The van der Waals surface area contributed by atoms with Gasteiger partial charge < -0.3 is 9.30 Å². The zero-order valence-corrected chi connectivity index (χ0v) is 17.1. The van der Waals surface area contributed by atoms with Crippen molar-refractivity contribution in [3.8, 4) is 0 Å². The number of ether oxygens (including phenoxy) is 1. The number of nitrogens with one attached hydrogen (secondary N) is 1. The maximum atomic E-state index is 12.7. The fraction of sp³-hybridized carbons (Fsp3) is 0.333. The van der Waals surface area contributed by atoms with Gasteiger partial charge in [-0.3, -0.25) is 0 Å². The van der Waals surface area contributed by atoms with Crippen molar-refractivity contribution in [2.45, 2.75) is 31.8 Å². The Hall–Kier alpha value is -2.00. The summed E-state index contributed by atoms with van der Waals surface area (Å²) in [7, 11) is -2.02. The minimum Gasteiger partial charge on any atom is -0.383 e. The van der Waals surface area contributed by atoms with Gasteiger partial charge in [-0.05, 0) is 37.6 Å². The van der Waals surface area contributed by atoms with E-state index in [4.69, 9.17) is 4.74 Å². The third-order valence-electron chi connectivity index (χ3n) is 4.14. The number of benzene rings is 1. The summed E-state index contributed by atoms with van der Waals surface area (Å²) in [6.07, 6.45) is 1.69. The minimum absolute atomic E-state index is 0. The van der Waals surface area contributed by atoms with E-state index >= 15 is 0 Å². The number of hydrogen-bond acceptors (Lipinski definition) is 5. The Morgan fingerprint density at radius 2 is 2.00 bits per heavy atom. The summed E-state index contributed by atoms with van der Waals surface area (Å²) in [6, 6.07) is 8.93. The van der Waals surface area contributed by atoms with E-state index in [2.05, 4.69) is 14.7 Å². The van der Waals surface area contributed by atoms with Crippen LogP contribution in [0.25, 0.3) is 11.2 Å². The molecule has 9 heteroatoms. The van der Waals surface area contributed by atoms with E-state index in [1.165, 1.54) is 0 Å². The summed E-state index contributed by atoms with van der Waals surface area (Å²) in [5.41, 5.74) is 3.18. The number of aromatic nitrogens is 3. The summed E-state index contributed by atoms with van der Waals surface area (Å²) in [4.78, 5) is 9.14. The molecule has 2 heterocycles. The molecule has 0 aliphatic heterocycles. The summed E-state index contributed by atoms with van der Waals surface area (Å²) >= 11 is 0. The van der Waals surface area contributed by atoms with Gasteiger partial charge in [0.05, 0.1) is 18.0 Å².